The molecule has 0 heterocycles. The van der Waals surface area contributed by atoms with Crippen LogP contribution in [-0.2, 0) is 0 Å². The predicted octanol–water partition coefficient (Wildman–Crippen LogP) is 3.68. The minimum atomic E-state index is -0.931. The van der Waals surface area contributed by atoms with E-state index >= 15 is 0 Å². The van der Waals surface area contributed by atoms with Crippen LogP contribution in [0.1, 0.15) is 32.1 Å². The van der Waals surface area contributed by atoms with E-state index in [0.717, 1.165) is 44.2 Å². The summed E-state index contributed by atoms with van der Waals surface area (Å²) in [5.41, 5.74) is -0.531. The number of halogens is 3. The summed E-state index contributed by atoms with van der Waals surface area (Å²) < 4.78 is 27.3. The standard InChI is InChI=1S/C15H19ClF2N2O2/c16-10-6-11(17)14(12(18)7-10)20-15(22)19-13-5-3-1-2-4-9(13)8-21/h6-7,9,13,21H,1-5,8H2,(H2,19,20,22). The van der Waals surface area contributed by atoms with Crippen LogP contribution >= 0.6 is 11.6 Å². The van der Waals surface area contributed by atoms with Gasteiger partial charge in [0.1, 0.15) is 5.69 Å². The summed E-state index contributed by atoms with van der Waals surface area (Å²) in [4.78, 5) is 12.0. The van der Waals surface area contributed by atoms with Gasteiger partial charge in [0, 0.05) is 23.6 Å². The Bertz CT molecular complexity index is 519. The van der Waals surface area contributed by atoms with Crippen molar-refractivity contribution in [1.82, 2.24) is 5.32 Å². The second-order valence-corrected chi connectivity index (χ2v) is 5.97. The van der Waals surface area contributed by atoms with Crippen molar-refractivity contribution in [1.29, 1.82) is 0 Å². The summed E-state index contributed by atoms with van der Waals surface area (Å²) in [6, 6.07) is 0.974. The maximum atomic E-state index is 13.7. The molecule has 0 aliphatic heterocycles. The van der Waals surface area contributed by atoms with Crippen LogP contribution in [0.25, 0.3) is 0 Å². The number of urea groups is 1. The summed E-state index contributed by atoms with van der Waals surface area (Å²) in [6.45, 7) is -0.0192. The molecule has 2 amide bonds. The number of aliphatic hydroxyl groups excluding tert-OH is 1. The highest BCUT2D eigenvalue weighted by atomic mass is 35.5. The third-order valence-electron chi connectivity index (χ3n) is 3.96. The Morgan fingerprint density at radius 1 is 1.23 bits per heavy atom. The van der Waals surface area contributed by atoms with Crippen LogP contribution in [0.3, 0.4) is 0 Å². The zero-order chi connectivity index (χ0) is 16.1. The first-order valence-electron chi connectivity index (χ1n) is 7.34. The summed E-state index contributed by atoms with van der Waals surface area (Å²) in [6.07, 6.45) is 4.57. The number of carbonyl (C=O) groups is 1. The fourth-order valence-corrected chi connectivity index (χ4v) is 2.96. The molecule has 1 aliphatic rings. The van der Waals surface area contributed by atoms with Gasteiger partial charge in [-0.05, 0) is 25.0 Å². The molecule has 22 heavy (non-hydrogen) atoms. The van der Waals surface area contributed by atoms with Gasteiger partial charge in [0.15, 0.2) is 11.6 Å². The van der Waals surface area contributed by atoms with E-state index in [1.807, 2.05) is 0 Å². The number of amides is 2. The molecule has 1 aromatic rings. The number of carbonyl (C=O) groups excluding carboxylic acids is 1. The minimum Gasteiger partial charge on any atom is -0.396 e. The minimum absolute atomic E-state index is 0.0192. The lowest BCUT2D eigenvalue weighted by Gasteiger charge is -2.24. The van der Waals surface area contributed by atoms with E-state index in [-0.39, 0.29) is 23.6 Å². The maximum absolute atomic E-state index is 13.7. The van der Waals surface area contributed by atoms with Crippen molar-refractivity contribution in [2.24, 2.45) is 5.92 Å². The van der Waals surface area contributed by atoms with Crippen molar-refractivity contribution in [3.05, 3.63) is 28.8 Å². The fourth-order valence-electron chi connectivity index (χ4n) is 2.77. The van der Waals surface area contributed by atoms with Gasteiger partial charge in [-0.3, -0.25) is 0 Å². The lowest BCUT2D eigenvalue weighted by molar-refractivity contribution is 0.182. The Kier molecular flexibility index (Phi) is 5.97. The summed E-state index contributed by atoms with van der Waals surface area (Å²) >= 11 is 5.53. The van der Waals surface area contributed by atoms with E-state index < -0.39 is 23.4 Å². The molecule has 4 nitrogen and oxygen atoms in total. The number of hydrogen-bond acceptors (Lipinski definition) is 2. The van der Waals surface area contributed by atoms with Gasteiger partial charge in [-0.1, -0.05) is 30.9 Å². The SMILES string of the molecule is O=C(Nc1c(F)cc(Cl)cc1F)NC1CCCCCC1CO. The second kappa shape index (κ2) is 7.74. The van der Waals surface area contributed by atoms with Crippen LogP contribution < -0.4 is 10.6 Å². The Morgan fingerprint density at radius 2 is 1.86 bits per heavy atom. The van der Waals surface area contributed by atoms with Crippen molar-refractivity contribution in [3.8, 4) is 0 Å². The van der Waals surface area contributed by atoms with E-state index in [9.17, 15) is 18.7 Å². The molecule has 0 spiro atoms. The van der Waals surface area contributed by atoms with Crippen molar-refractivity contribution in [2.75, 3.05) is 11.9 Å². The lowest BCUT2D eigenvalue weighted by Crippen LogP contribution is -2.43. The molecule has 2 rings (SSSR count). The van der Waals surface area contributed by atoms with E-state index in [4.69, 9.17) is 11.6 Å². The monoisotopic (exact) mass is 332 g/mol. The molecule has 0 saturated heterocycles. The van der Waals surface area contributed by atoms with Gasteiger partial charge in [0.05, 0.1) is 0 Å². The summed E-state index contributed by atoms with van der Waals surface area (Å²) in [7, 11) is 0. The molecule has 0 radical (unpaired) electrons. The van der Waals surface area contributed by atoms with Gasteiger partial charge in [-0.15, -0.1) is 0 Å². The largest absolute Gasteiger partial charge is 0.396 e. The molecular formula is C15H19ClF2N2O2. The zero-order valence-electron chi connectivity index (χ0n) is 12.0. The van der Waals surface area contributed by atoms with Crippen LogP contribution in [0.15, 0.2) is 12.1 Å². The zero-order valence-corrected chi connectivity index (χ0v) is 12.8. The highest BCUT2D eigenvalue weighted by Gasteiger charge is 2.25. The molecule has 1 fully saturated rings. The number of hydrogen-bond donors (Lipinski definition) is 3. The predicted molar refractivity (Wildman–Crippen MR) is 81.0 cm³/mol. The van der Waals surface area contributed by atoms with Gasteiger partial charge >= 0.3 is 6.03 Å². The van der Waals surface area contributed by atoms with Crippen LogP contribution in [0.4, 0.5) is 19.3 Å². The highest BCUT2D eigenvalue weighted by Crippen LogP contribution is 2.25. The molecule has 1 aromatic carbocycles. The first kappa shape index (κ1) is 17.0. The van der Waals surface area contributed by atoms with Gasteiger partial charge in [0.2, 0.25) is 0 Å². The number of benzene rings is 1. The topological polar surface area (TPSA) is 61.4 Å². The Morgan fingerprint density at radius 3 is 2.50 bits per heavy atom. The molecule has 0 aromatic heterocycles. The molecule has 2 atom stereocenters. The number of anilines is 1. The lowest BCUT2D eigenvalue weighted by atomic mass is 9.96. The van der Waals surface area contributed by atoms with E-state index in [0.29, 0.717) is 0 Å². The number of rotatable bonds is 3. The highest BCUT2D eigenvalue weighted by molar-refractivity contribution is 6.30. The normalized spacial score (nSPS) is 22.0. The average Bonchev–Trinajstić information content (AvgIpc) is 2.67. The maximum Gasteiger partial charge on any atom is 0.319 e. The molecular weight excluding hydrogens is 314 g/mol. The first-order valence-corrected chi connectivity index (χ1v) is 7.72. The summed E-state index contributed by atoms with van der Waals surface area (Å²) in [5.74, 6) is -1.90. The van der Waals surface area contributed by atoms with Gasteiger partial charge in [0.25, 0.3) is 0 Å². The molecule has 1 aliphatic carbocycles. The van der Waals surface area contributed by atoms with Crippen molar-refractivity contribution in [3.63, 3.8) is 0 Å². The van der Waals surface area contributed by atoms with Crippen LogP contribution in [-0.4, -0.2) is 23.8 Å². The molecule has 3 N–H and O–H groups in total. The molecule has 1 saturated carbocycles. The van der Waals surface area contributed by atoms with Gasteiger partial charge < -0.3 is 15.7 Å². The van der Waals surface area contributed by atoms with E-state index in [1.165, 1.54) is 0 Å². The average molecular weight is 333 g/mol. The molecule has 0 bridgehead atoms. The number of nitrogens with one attached hydrogen (secondary N) is 2. The van der Waals surface area contributed by atoms with Crippen LogP contribution in [0, 0.1) is 17.6 Å². The summed E-state index contributed by atoms with van der Waals surface area (Å²) in [5, 5.41) is 14.2. The van der Waals surface area contributed by atoms with Gasteiger partial charge in [-0.2, -0.15) is 0 Å². The molecule has 2 unspecified atom stereocenters. The number of aliphatic hydroxyl groups is 1. The van der Waals surface area contributed by atoms with Crippen LogP contribution in [0.2, 0.25) is 5.02 Å². The van der Waals surface area contributed by atoms with Crippen molar-refractivity contribution < 1.29 is 18.7 Å². The fraction of sp³-hybridized carbons (Fsp3) is 0.533. The Hall–Kier alpha value is -1.40. The van der Waals surface area contributed by atoms with E-state index in [2.05, 4.69) is 10.6 Å². The van der Waals surface area contributed by atoms with Gasteiger partial charge in [-0.25, -0.2) is 13.6 Å². The van der Waals surface area contributed by atoms with Crippen molar-refractivity contribution in [2.45, 2.75) is 38.1 Å². The quantitative estimate of drug-likeness (QED) is 0.739. The molecule has 122 valence electrons. The second-order valence-electron chi connectivity index (χ2n) is 5.53. The first-order chi connectivity index (χ1) is 10.5. The van der Waals surface area contributed by atoms with Crippen molar-refractivity contribution >= 4 is 23.3 Å². The third-order valence-corrected chi connectivity index (χ3v) is 4.17. The Balaban J connectivity index is 2.03. The Labute approximate surface area is 132 Å². The van der Waals surface area contributed by atoms with Crippen LogP contribution in [0.5, 0.6) is 0 Å². The molecule has 7 heteroatoms. The smallest absolute Gasteiger partial charge is 0.319 e. The third kappa shape index (κ3) is 4.30. The van der Waals surface area contributed by atoms with E-state index in [1.54, 1.807) is 0 Å².